The SMILES string of the molecule is COc1cccc2cc(C(=O)NNC(=O)c3[nH]c4ccc(Br)cc4c3-c3ccccc3)c(=O)oc12. The quantitative estimate of drug-likeness (QED) is 0.228. The molecule has 2 heterocycles. The van der Waals surface area contributed by atoms with Gasteiger partial charge in [-0.25, -0.2) is 4.79 Å². The van der Waals surface area contributed by atoms with Gasteiger partial charge >= 0.3 is 5.63 Å². The Kier molecular flexibility index (Phi) is 5.84. The lowest BCUT2D eigenvalue weighted by Gasteiger charge is -2.09. The fourth-order valence-electron chi connectivity index (χ4n) is 3.92. The van der Waals surface area contributed by atoms with E-state index in [1.54, 1.807) is 18.2 Å². The number of hydrogen-bond donors (Lipinski definition) is 3. The van der Waals surface area contributed by atoms with Crippen molar-refractivity contribution >= 4 is 49.6 Å². The standard InChI is InChI=1S/C26H18BrN3O5/c1-34-20-9-5-8-15-12-18(26(33)35-23(15)20)24(31)29-30-25(32)22-21(14-6-3-2-4-7-14)17-13-16(27)10-11-19(17)28-22/h2-13,28H,1H3,(H,29,31)(H,30,32). The molecule has 0 saturated carbocycles. The van der Waals surface area contributed by atoms with Gasteiger partial charge in [0.25, 0.3) is 11.8 Å². The number of aromatic nitrogens is 1. The van der Waals surface area contributed by atoms with Gasteiger partial charge in [0.05, 0.1) is 7.11 Å². The van der Waals surface area contributed by atoms with Crippen LogP contribution in [0.1, 0.15) is 20.8 Å². The molecule has 174 valence electrons. The van der Waals surface area contributed by atoms with Crippen LogP contribution >= 0.6 is 15.9 Å². The average molecular weight is 532 g/mol. The van der Waals surface area contributed by atoms with E-state index >= 15 is 0 Å². The number of hydrazine groups is 1. The zero-order valence-electron chi connectivity index (χ0n) is 18.3. The fraction of sp³-hybridized carbons (Fsp3) is 0.0385. The first-order valence-electron chi connectivity index (χ1n) is 10.5. The first-order valence-corrected chi connectivity index (χ1v) is 11.3. The van der Waals surface area contributed by atoms with Crippen LogP contribution in [0.25, 0.3) is 33.0 Å². The normalized spacial score (nSPS) is 10.9. The van der Waals surface area contributed by atoms with E-state index in [0.29, 0.717) is 16.7 Å². The maximum absolute atomic E-state index is 13.1. The third-order valence-corrected chi connectivity index (χ3v) is 6.02. The molecule has 2 aromatic heterocycles. The summed E-state index contributed by atoms with van der Waals surface area (Å²) in [5, 5.41) is 1.35. The Morgan fingerprint density at radius 3 is 2.49 bits per heavy atom. The second-order valence-electron chi connectivity index (χ2n) is 7.67. The largest absolute Gasteiger partial charge is 0.493 e. The third kappa shape index (κ3) is 4.17. The van der Waals surface area contributed by atoms with Crippen molar-refractivity contribution < 1.29 is 18.7 Å². The Morgan fingerprint density at radius 2 is 1.71 bits per heavy atom. The molecule has 0 spiro atoms. The number of halogens is 1. The van der Waals surface area contributed by atoms with Crippen molar-refractivity contribution in [1.29, 1.82) is 0 Å². The average Bonchev–Trinajstić information content (AvgIpc) is 3.25. The minimum absolute atomic E-state index is 0.234. The van der Waals surface area contributed by atoms with Crippen molar-refractivity contribution in [2.24, 2.45) is 0 Å². The lowest BCUT2D eigenvalue weighted by molar-refractivity contribution is 0.0842. The topological polar surface area (TPSA) is 113 Å². The molecule has 0 radical (unpaired) electrons. The molecule has 0 bridgehead atoms. The minimum Gasteiger partial charge on any atom is -0.493 e. The second-order valence-corrected chi connectivity index (χ2v) is 8.58. The van der Waals surface area contributed by atoms with Crippen molar-refractivity contribution in [3.63, 3.8) is 0 Å². The van der Waals surface area contributed by atoms with Gasteiger partial charge in [-0.1, -0.05) is 58.4 Å². The molecule has 2 amide bonds. The highest BCUT2D eigenvalue weighted by Crippen LogP contribution is 2.34. The molecule has 5 rings (SSSR count). The van der Waals surface area contributed by atoms with E-state index < -0.39 is 17.4 Å². The van der Waals surface area contributed by atoms with E-state index in [-0.39, 0.29) is 16.8 Å². The number of ether oxygens (including phenoxy) is 1. The molecule has 5 aromatic rings. The summed E-state index contributed by atoms with van der Waals surface area (Å²) < 4.78 is 11.3. The number of nitrogens with one attached hydrogen (secondary N) is 3. The van der Waals surface area contributed by atoms with Gasteiger partial charge in [-0.3, -0.25) is 20.4 Å². The Hall–Kier alpha value is -4.37. The van der Waals surface area contributed by atoms with Crippen LogP contribution in [0.4, 0.5) is 0 Å². The summed E-state index contributed by atoms with van der Waals surface area (Å²) in [6, 6.07) is 21.5. The van der Waals surface area contributed by atoms with E-state index in [0.717, 1.165) is 20.9 Å². The van der Waals surface area contributed by atoms with Crippen LogP contribution in [0, 0.1) is 0 Å². The Labute approximate surface area is 207 Å². The summed E-state index contributed by atoms with van der Waals surface area (Å²) in [7, 11) is 1.46. The molecule has 0 aliphatic carbocycles. The van der Waals surface area contributed by atoms with Crippen molar-refractivity contribution in [3.8, 4) is 16.9 Å². The van der Waals surface area contributed by atoms with E-state index in [9.17, 15) is 14.4 Å². The number of H-pyrrole nitrogens is 1. The summed E-state index contributed by atoms with van der Waals surface area (Å²) >= 11 is 3.48. The van der Waals surface area contributed by atoms with Crippen molar-refractivity contribution in [2.75, 3.05) is 7.11 Å². The minimum atomic E-state index is -0.853. The second kappa shape index (κ2) is 9.11. The van der Waals surface area contributed by atoms with Gasteiger partial charge in [-0.2, -0.15) is 0 Å². The maximum Gasteiger partial charge on any atom is 0.349 e. The highest BCUT2D eigenvalue weighted by Gasteiger charge is 2.21. The number of para-hydroxylation sites is 1. The monoisotopic (exact) mass is 531 g/mol. The molecule has 0 aliphatic heterocycles. The van der Waals surface area contributed by atoms with Gasteiger partial charge in [0.2, 0.25) is 0 Å². The highest BCUT2D eigenvalue weighted by atomic mass is 79.9. The smallest absolute Gasteiger partial charge is 0.349 e. The summed E-state index contributed by atoms with van der Waals surface area (Å²) in [5.41, 5.74) is 6.37. The number of methoxy groups -OCH3 is 1. The number of carbonyl (C=O) groups is 2. The van der Waals surface area contributed by atoms with Gasteiger partial charge in [-0.15, -0.1) is 0 Å². The summed E-state index contributed by atoms with van der Waals surface area (Å²) in [5.74, 6) is -1.01. The van der Waals surface area contributed by atoms with Crippen LogP contribution in [0.2, 0.25) is 0 Å². The Balaban J connectivity index is 1.45. The predicted molar refractivity (Wildman–Crippen MR) is 135 cm³/mol. The molecule has 0 aliphatic rings. The highest BCUT2D eigenvalue weighted by molar-refractivity contribution is 9.10. The lowest BCUT2D eigenvalue weighted by atomic mass is 10.0. The zero-order chi connectivity index (χ0) is 24.5. The van der Waals surface area contributed by atoms with Gasteiger partial charge in [0.1, 0.15) is 11.3 Å². The van der Waals surface area contributed by atoms with Gasteiger partial charge in [0, 0.05) is 26.3 Å². The summed E-state index contributed by atoms with van der Waals surface area (Å²) in [6.07, 6.45) is 0. The van der Waals surface area contributed by atoms with Crippen LogP contribution in [-0.2, 0) is 0 Å². The first-order chi connectivity index (χ1) is 17.0. The number of benzene rings is 3. The van der Waals surface area contributed by atoms with Crippen LogP contribution in [0.15, 0.2) is 86.5 Å². The number of hydrogen-bond acceptors (Lipinski definition) is 5. The number of fused-ring (bicyclic) bond motifs is 2. The van der Waals surface area contributed by atoms with Crippen LogP contribution < -0.4 is 21.2 Å². The molecule has 3 N–H and O–H groups in total. The van der Waals surface area contributed by atoms with Gasteiger partial charge in [-0.05, 0) is 35.9 Å². The Bertz CT molecular complexity index is 1660. The van der Waals surface area contributed by atoms with E-state index in [4.69, 9.17) is 9.15 Å². The molecule has 3 aromatic carbocycles. The van der Waals surface area contributed by atoms with E-state index in [1.165, 1.54) is 13.2 Å². The van der Waals surface area contributed by atoms with E-state index in [2.05, 4.69) is 31.8 Å². The number of amides is 2. The van der Waals surface area contributed by atoms with Gasteiger partial charge in [0.15, 0.2) is 11.3 Å². The number of rotatable bonds is 4. The summed E-state index contributed by atoms with van der Waals surface area (Å²) in [4.78, 5) is 41.4. The maximum atomic E-state index is 13.1. The lowest BCUT2D eigenvalue weighted by Crippen LogP contribution is -2.43. The third-order valence-electron chi connectivity index (χ3n) is 5.53. The van der Waals surface area contributed by atoms with Crippen molar-refractivity contribution in [2.45, 2.75) is 0 Å². The molecule has 0 fully saturated rings. The van der Waals surface area contributed by atoms with Crippen LogP contribution in [0.3, 0.4) is 0 Å². The molecule has 35 heavy (non-hydrogen) atoms. The first kappa shape index (κ1) is 22.4. The van der Waals surface area contributed by atoms with Crippen LogP contribution in [-0.4, -0.2) is 23.9 Å². The molecule has 0 unspecified atom stereocenters. The van der Waals surface area contributed by atoms with Gasteiger partial charge < -0.3 is 14.1 Å². The van der Waals surface area contributed by atoms with Crippen LogP contribution in [0.5, 0.6) is 5.75 Å². The molecular weight excluding hydrogens is 514 g/mol. The summed E-state index contributed by atoms with van der Waals surface area (Å²) in [6.45, 7) is 0. The number of carbonyl (C=O) groups excluding carboxylic acids is 2. The molecule has 8 nitrogen and oxygen atoms in total. The molecule has 0 saturated heterocycles. The van der Waals surface area contributed by atoms with Crippen molar-refractivity contribution in [3.05, 3.63) is 98.9 Å². The molecular formula is C26H18BrN3O5. The molecule has 0 atom stereocenters. The zero-order valence-corrected chi connectivity index (χ0v) is 19.9. The Morgan fingerprint density at radius 1 is 0.943 bits per heavy atom. The predicted octanol–water partition coefficient (Wildman–Crippen LogP) is 4.79. The fourth-order valence-corrected chi connectivity index (χ4v) is 4.28. The molecule has 9 heteroatoms. The van der Waals surface area contributed by atoms with E-state index in [1.807, 2.05) is 48.5 Å². The number of aromatic amines is 1. The van der Waals surface area contributed by atoms with Crippen molar-refractivity contribution in [1.82, 2.24) is 15.8 Å².